The van der Waals surface area contributed by atoms with Crippen LogP contribution in [0.3, 0.4) is 0 Å². The Bertz CT molecular complexity index is 779. The molecule has 1 aromatic carbocycles. The van der Waals surface area contributed by atoms with Gasteiger partial charge in [-0.3, -0.25) is 5.32 Å². The van der Waals surface area contributed by atoms with Gasteiger partial charge in [-0.25, -0.2) is 4.68 Å². The first-order chi connectivity index (χ1) is 13.4. The molecule has 0 bridgehead atoms. The fourth-order valence-corrected chi connectivity index (χ4v) is 4.13. The largest absolute Gasteiger partial charge is 0.407 e. The van der Waals surface area contributed by atoms with Crippen molar-refractivity contribution in [3.8, 4) is 0 Å². The average Bonchev–Trinajstić information content (AvgIpc) is 3.24. The lowest BCUT2D eigenvalue weighted by Crippen LogP contribution is -2.40. The van der Waals surface area contributed by atoms with Gasteiger partial charge >= 0.3 is 6.18 Å². The normalized spacial score (nSPS) is 22.0. The quantitative estimate of drug-likeness (QED) is 0.772. The Labute approximate surface area is 162 Å². The maximum absolute atomic E-state index is 13.9. The molecule has 2 saturated carbocycles. The van der Waals surface area contributed by atoms with Crippen molar-refractivity contribution in [3.05, 3.63) is 47.8 Å². The van der Waals surface area contributed by atoms with E-state index in [2.05, 4.69) is 15.6 Å². The molecule has 0 aliphatic heterocycles. The molecule has 1 aromatic heterocycles. The lowest BCUT2D eigenvalue weighted by Gasteiger charge is -2.34. The maximum Gasteiger partial charge on any atom is 0.407 e. The van der Waals surface area contributed by atoms with Crippen LogP contribution < -0.4 is 11.1 Å². The van der Waals surface area contributed by atoms with E-state index in [9.17, 15) is 13.2 Å². The van der Waals surface area contributed by atoms with Gasteiger partial charge in [-0.1, -0.05) is 54.8 Å². The highest BCUT2D eigenvalue weighted by Crippen LogP contribution is 2.41. The van der Waals surface area contributed by atoms with Gasteiger partial charge in [0.15, 0.2) is 0 Å². The molecular formula is C20H26F3N5. The van der Waals surface area contributed by atoms with E-state index in [1.54, 1.807) is 29.1 Å². The SMILES string of the molecule is NC1(n2cc(C(N[C@@H](c3ccccc3)C(F)(F)F)C3CCCCC3)nn2)CC1. The molecule has 1 unspecified atom stereocenters. The van der Waals surface area contributed by atoms with Gasteiger partial charge in [0.25, 0.3) is 0 Å². The Morgan fingerprint density at radius 2 is 1.79 bits per heavy atom. The number of benzene rings is 1. The van der Waals surface area contributed by atoms with Crippen LogP contribution in [0.5, 0.6) is 0 Å². The Hall–Kier alpha value is -1.93. The molecule has 0 radical (unpaired) electrons. The molecule has 2 fully saturated rings. The predicted molar refractivity (Wildman–Crippen MR) is 99.1 cm³/mol. The number of alkyl halides is 3. The van der Waals surface area contributed by atoms with Crippen molar-refractivity contribution < 1.29 is 13.2 Å². The van der Waals surface area contributed by atoms with Crippen molar-refractivity contribution in [1.29, 1.82) is 0 Å². The summed E-state index contributed by atoms with van der Waals surface area (Å²) in [5.41, 5.74) is 6.42. The molecule has 5 nitrogen and oxygen atoms in total. The van der Waals surface area contributed by atoms with Crippen molar-refractivity contribution in [3.63, 3.8) is 0 Å². The molecule has 0 spiro atoms. The van der Waals surface area contributed by atoms with Gasteiger partial charge in [0.1, 0.15) is 11.7 Å². The van der Waals surface area contributed by atoms with E-state index in [0.29, 0.717) is 5.69 Å². The second kappa shape index (κ2) is 7.48. The second-order valence-corrected chi connectivity index (χ2v) is 8.12. The predicted octanol–water partition coefficient (Wildman–Crippen LogP) is 4.20. The van der Waals surface area contributed by atoms with Crippen LogP contribution in [0, 0.1) is 5.92 Å². The first-order valence-electron chi connectivity index (χ1n) is 9.96. The van der Waals surface area contributed by atoms with E-state index in [1.807, 2.05) is 0 Å². The lowest BCUT2D eigenvalue weighted by atomic mass is 9.82. The number of nitrogens with zero attached hydrogens (tertiary/aromatic N) is 3. The topological polar surface area (TPSA) is 68.8 Å². The van der Waals surface area contributed by atoms with E-state index in [-0.39, 0.29) is 11.5 Å². The summed E-state index contributed by atoms with van der Waals surface area (Å²) in [7, 11) is 0. The molecular weight excluding hydrogens is 367 g/mol. The Morgan fingerprint density at radius 3 is 2.39 bits per heavy atom. The molecule has 0 amide bonds. The average molecular weight is 393 g/mol. The van der Waals surface area contributed by atoms with E-state index in [1.165, 1.54) is 12.1 Å². The molecule has 1 heterocycles. The first-order valence-corrected chi connectivity index (χ1v) is 9.96. The number of hydrogen-bond donors (Lipinski definition) is 2. The summed E-state index contributed by atoms with van der Waals surface area (Å²) in [6.45, 7) is 0. The van der Waals surface area contributed by atoms with Crippen molar-refractivity contribution in [1.82, 2.24) is 20.3 Å². The van der Waals surface area contributed by atoms with Gasteiger partial charge in [-0.2, -0.15) is 13.2 Å². The molecule has 8 heteroatoms. The summed E-state index contributed by atoms with van der Waals surface area (Å²) >= 11 is 0. The summed E-state index contributed by atoms with van der Waals surface area (Å²) in [5.74, 6) is 0.0976. The molecule has 2 aliphatic carbocycles. The third kappa shape index (κ3) is 4.07. The number of nitrogens with two attached hydrogens (primary N) is 1. The second-order valence-electron chi connectivity index (χ2n) is 8.12. The smallest absolute Gasteiger partial charge is 0.307 e. The molecule has 3 N–H and O–H groups in total. The monoisotopic (exact) mass is 393 g/mol. The number of nitrogens with one attached hydrogen (secondary N) is 1. The zero-order chi connectivity index (χ0) is 19.8. The van der Waals surface area contributed by atoms with Crippen molar-refractivity contribution in [2.24, 2.45) is 11.7 Å². The maximum atomic E-state index is 13.9. The number of aromatic nitrogens is 3. The molecule has 28 heavy (non-hydrogen) atoms. The van der Waals surface area contributed by atoms with Crippen molar-refractivity contribution >= 4 is 0 Å². The van der Waals surface area contributed by atoms with Crippen LogP contribution in [-0.4, -0.2) is 21.2 Å². The molecule has 152 valence electrons. The van der Waals surface area contributed by atoms with Crippen LogP contribution in [0.2, 0.25) is 0 Å². The van der Waals surface area contributed by atoms with Crippen molar-refractivity contribution in [2.75, 3.05) is 0 Å². The third-order valence-corrected chi connectivity index (χ3v) is 5.98. The number of halogens is 3. The first kappa shape index (κ1) is 19.4. The minimum absolute atomic E-state index is 0.0976. The standard InChI is InChI=1S/C20H26F3N5/c21-20(22,23)18(15-9-5-2-6-10-15)25-17(14-7-3-1-4-8-14)16-13-28(27-26-16)19(24)11-12-19/h2,5-6,9-10,13-14,17-18,25H,1,3-4,7-8,11-12,24H2/t17?,18-/m0/s1. The lowest BCUT2D eigenvalue weighted by molar-refractivity contribution is -0.161. The van der Waals surface area contributed by atoms with E-state index >= 15 is 0 Å². The van der Waals surface area contributed by atoms with Crippen LogP contribution in [-0.2, 0) is 5.66 Å². The fraction of sp³-hybridized carbons (Fsp3) is 0.600. The van der Waals surface area contributed by atoms with Crippen LogP contribution in [0.4, 0.5) is 13.2 Å². The molecule has 2 aromatic rings. The Morgan fingerprint density at radius 1 is 1.11 bits per heavy atom. The van der Waals surface area contributed by atoms with Crippen LogP contribution in [0.25, 0.3) is 0 Å². The zero-order valence-corrected chi connectivity index (χ0v) is 15.7. The highest BCUT2D eigenvalue weighted by atomic mass is 19.4. The minimum atomic E-state index is -4.41. The van der Waals surface area contributed by atoms with E-state index in [4.69, 9.17) is 5.73 Å². The summed E-state index contributed by atoms with van der Waals surface area (Å²) in [6, 6.07) is 5.75. The number of rotatable bonds is 6. The summed E-state index contributed by atoms with van der Waals surface area (Å²) in [5, 5.41) is 11.3. The Kier molecular flexibility index (Phi) is 5.18. The van der Waals surface area contributed by atoms with Gasteiger partial charge in [-0.15, -0.1) is 5.10 Å². The number of hydrogen-bond acceptors (Lipinski definition) is 4. The van der Waals surface area contributed by atoms with Crippen LogP contribution in [0.15, 0.2) is 36.5 Å². The van der Waals surface area contributed by atoms with Crippen LogP contribution in [0.1, 0.15) is 68.3 Å². The summed E-state index contributed by atoms with van der Waals surface area (Å²) in [4.78, 5) is 0. The van der Waals surface area contributed by atoms with Gasteiger partial charge in [0.2, 0.25) is 0 Å². The van der Waals surface area contributed by atoms with E-state index < -0.39 is 23.9 Å². The van der Waals surface area contributed by atoms with Gasteiger partial charge in [0, 0.05) is 0 Å². The molecule has 2 aliphatic rings. The van der Waals surface area contributed by atoms with Gasteiger partial charge in [-0.05, 0) is 37.2 Å². The van der Waals surface area contributed by atoms with E-state index in [0.717, 1.165) is 44.9 Å². The molecule has 0 saturated heterocycles. The fourth-order valence-electron chi connectivity index (χ4n) is 4.13. The Balaban J connectivity index is 1.65. The molecule has 4 rings (SSSR count). The third-order valence-electron chi connectivity index (χ3n) is 5.98. The molecule has 2 atom stereocenters. The van der Waals surface area contributed by atoms with Crippen LogP contribution >= 0.6 is 0 Å². The highest BCUT2D eigenvalue weighted by Gasteiger charge is 2.45. The zero-order valence-electron chi connectivity index (χ0n) is 15.7. The van der Waals surface area contributed by atoms with Gasteiger partial charge < -0.3 is 5.73 Å². The highest BCUT2D eigenvalue weighted by molar-refractivity contribution is 5.21. The summed E-state index contributed by atoms with van der Waals surface area (Å²) < 4.78 is 43.4. The van der Waals surface area contributed by atoms with Crippen molar-refractivity contribution in [2.45, 2.75) is 68.9 Å². The summed E-state index contributed by atoms with van der Waals surface area (Å²) in [6.07, 6.45) is 3.91. The van der Waals surface area contributed by atoms with Gasteiger partial charge in [0.05, 0.1) is 17.9 Å². The minimum Gasteiger partial charge on any atom is -0.307 e.